The van der Waals surface area contributed by atoms with Gasteiger partial charge in [0.25, 0.3) is 10.0 Å². The van der Waals surface area contributed by atoms with Gasteiger partial charge in [0.05, 0.1) is 23.5 Å². The number of benzene rings is 3. The lowest BCUT2D eigenvalue weighted by atomic mass is 10.2. The highest BCUT2D eigenvalue weighted by molar-refractivity contribution is 7.93. The maximum absolute atomic E-state index is 14.1. The average molecular weight is 587 g/mol. The number of alkyl halides is 3. The molecule has 2 aromatic heterocycles. The maximum Gasteiger partial charge on any atom is 0.573 e. The van der Waals surface area contributed by atoms with E-state index in [0.29, 0.717) is 23.5 Å². The van der Waals surface area contributed by atoms with Crippen molar-refractivity contribution in [1.82, 2.24) is 9.55 Å². The molecule has 7 nitrogen and oxygen atoms in total. The van der Waals surface area contributed by atoms with E-state index in [0.717, 1.165) is 27.0 Å². The van der Waals surface area contributed by atoms with Crippen LogP contribution < -0.4 is 14.8 Å². The van der Waals surface area contributed by atoms with Crippen molar-refractivity contribution in [3.8, 4) is 11.4 Å². The van der Waals surface area contributed by atoms with Crippen LogP contribution in [0.5, 0.6) is 5.75 Å². The molecule has 0 aliphatic carbocycles. The van der Waals surface area contributed by atoms with Crippen molar-refractivity contribution in [3.05, 3.63) is 102 Å². The second-order valence-electron chi connectivity index (χ2n) is 9.04. The average Bonchev–Trinajstić information content (AvgIpc) is 3.52. The number of nitrogens with zero attached hydrogens (tertiary/aromatic N) is 3. The molecule has 0 saturated carbocycles. The number of fused-ring (bicyclic) bond motifs is 1. The number of halogens is 3. The standard InChI is InChI=1S/C28H25F3N4O3S2/c1-19-25-4-2-3-5-26(25)39-27(19)35(16-20-6-10-23(11-7-20)38-28(29,30)31)40(36,37)24-12-8-22(9-13-24)34-17-21(14-15-32)33-18-34/h2-13,17-18H,14-16,32H2,1H3. The van der Waals surface area contributed by atoms with E-state index in [1.54, 1.807) is 23.0 Å². The van der Waals surface area contributed by atoms with Gasteiger partial charge in [-0.3, -0.25) is 4.31 Å². The van der Waals surface area contributed by atoms with Gasteiger partial charge in [-0.25, -0.2) is 13.4 Å². The van der Waals surface area contributed by atoms with Crippen molar-refractivity contribution in [1.29, 1.82) is 0 Å². The van der Waals surface area contributed by atoms with Gasteiger partial charge in [0.15, 0.2) is 0 Å². The summed E-state index contributed by atoms with van der Waals surface area (Å²) in [6.07, 6.45) is -0.699. The zero-order chi connectivity index (χ0) is 28.5. The first-order valence-electron chi connectivity index (χ1n) is 12.2. The Morgan fingerprint density at radius 3 is 2.38 bits per heavy atom. The molecule has 0 bridgehead atoms. The van der Waals surface area contributed by atoms with E-state index in [1.807, 2.05) is 37.4 Å². The van der Waals surface area contributed by atoms with Gasteiger partial charge < -0.3 is 15.0 Å². The van der Waals surface area contributed by atoms with Gasteiger partial charge in [-0.05, 0) is 72.4 Å². The van der Waals surface area contributed by atoms with Crippen LogP contribution in [0, 0.1) is 6.92 Å². The molecule has 0 atom stereocenters. The number of thiophene rings is 1. The molecule has 0 unspecified atom stereocenters. The predicted octanol–water partition coefficient (Wildman–Crippen LogP) is 6.19. The summed E-state index contributed by atoms with van der Waals surface area (Å²) in [6, 6.07) is 19.3. The number of hydrogen-bond acceptors (Lipinski definition) is 6. The molecule has 40 heavy (non-hydrogen) atoms. The molecule has 5 aromatic rings. The second-order valence-corrected chi connectivity index (χ2v) is 11.9. The van der Waals surface area contributed by atoms with Gasteiger partial charge in [0.2, 0.25) is 0 Å². The molecule has 0 spiro atoms. The lowest BCUT2D eigenvalue weighted by Gasteiger charge is -2.24. The van der Waals surface area contributed by atoms with E-state index in [2.05, 4.69) is 9.72 Å². The molecule has 0 fully saturated rings. The lowest BCUT2D eigenvalue weighted by Crippen LogP contribution is -2.30. The van der Waals surface area contributed by atoms with Crippen LogP contribution in [-0.2, 0) is 23.0 Å². The quantitative estimate of drug-likeness (QED) is 0.222. The SMILES string of the molecule is Cc1c(N(Cc2ccc(OC(F)(F)F)cc2)S(=O)(=O)c2ccc(-n3cnc(CCN)c3)cc2)sc2ccccc12. The van der Waals surface area contributed by atoms with Crippen molar-refractivity contribution in [2.75, 3.05) is 10.8 Å². The number of aromatic nitrogens is 2. The normalized spacial score (nSPS) is 12.1. The fraction of sp³-hybridized carbons (Fsp3) is 0.179. The lowest BCUT2D eigenvalue weighted by molar-refractivity contribution is -0.274. The van der Waals surface area contributed by atoms with Crippen LogP contribution in [0.15, 0.2) is 90.2 Å². The number of hydrogen-bond donors (Lipinski definition) is 1. The third-order valence-corrected chi connectivity index (χ3v) is 9.46. The van der Waals surface area contributed by atoms with Crippen LogP contribution in [-0.4, -0.2) is 30.9 Å². The number of ether oxygens (including phenoxy) is 1. The van der Waals surface area contributed by atoms with E-state index in [9.17, 15) is 21.6 Å². The van der Waals surface area contributed by atoms with E-state index < -0.39 is 16.4 Å². The first-order chi connectivity index (χ1) is 19.0. The Labute approximate surface area is 233 Å². The molecule has 2 heterocycles. The van der Waals surface area contributed by atoms with Gasteiger partial charge in [-0.2, -0.15) is 0 Å². The largest absolute Gasteiger partial charge is 0.573 e. The molecular weight excluding hydrogens is 561 g/mol. The van der Waals surface area contributed by atoms with Crippen LogP contribution >= 0.6 is 11.3 Å². The zero-order valence-electron chi connectivity index (χ0n) is 21.3. The fourth-order valence-electron chi connectivity index (χ4n) is 4.33. The molecule has 0 aliphatic heterocycles. The summed E-state index contributed by atoms with van der Waals surface area (Å²) < 4.78 is 74.0. The Morgan fingerprint density at radius 2 is 1.73 bits per heavy atom. The van der Waals surface area contributed by atoms with Gasteiger partial charge in [0.1, 0.15) is 10.8 Å². The van der Waals surface area contributed by atoms with Crippen LogP contribution in [0.25, 0.3) is 15.8 Å². The van der Waals surface area contributed by atoms with Gasteiger partial charge >= 0.3 is 6.36 Å². The molecule has 0 radical (unpaired) electrons. The van der Waals surface area contributed by atoms with Crippen molar-refractivity contribution in [3.63, 3.8) is 0 Å². The van der Waals surface area contributed by atoms with Crippen molar-refractivity contribution < 1.29 is 26.3 Å². The van der Waals surface area contributed by atoms with Gasteiger partial charge in [-0.15, -0.1) is 24.5 Å². The van der Waals surface area contributed by atoms with Crippen molar-refractivity contribution in [2.24, 2.45) is 5.73 Å². The number of aryl methyl sites for hydroxylation is 1. The smallest absolute Gasteiger partial charge is 0.406 e. The van der Waals surface area contributed by atoms with E-state index in [-0.39, 0.29) is 17.2 Å². The number of rotatable bonds is 9. The Bertz CT molecular complexity index is 1730. The van der Waals surface area contributed by atoms with Crippen molar-refractivity contribution in [2.45, 2.75) is 31.1 Å². The summed E-state index contributed by atoms with van der Waals surface area (Å²) in [4.78, 5) is 4.39. The van der Waals surface area contributed by atoms with Gasteiger partial charge in [-0.1, -0.05) is 30.3 Å². The third kappa shape index (κ3) is 5.83. The first kappa shape index (κ1) is 27.7. The molecular formula is C28H25F3N4O3S2. The molecule has 208 valence electrons. The minimum atomic E-state index is -4.82. The molecule has 5 rings (SSSR count). The molecule has 0 saturated heterocycles. The summed E-state index contributed by atoms with van der Waals surface area (Å²) in [6.45, 7) is 2.24. The zero-order valence-corrected chi connectivity index (χ0v) is 22.9. The Hall–Kier alpha value is -3.87. The summed E-state index contributed by atoms with van der Waals surface area (Å²) in [5, 5.41) is 1.46. The summed E-state index contributed by atoms with van der Waals surface area (Å²) >= 11 is 1.34. The van der Waals surface area contributed by atoms with Crippen LogP contribution in [0.4, 0.5) is 18.2 Å². The van der Waals surface area contributed by atoms with E-state index >= 15 is 0 Å². The topological polar surface area (TPSA) is 90.5 Å². The number of anilines is 1. The minimum Gasteiger partial charge on any atom is -0.406 e. The molecule has 12 heteroatoms. The monoisotopic (exact) mass is 586 g/mol. The molecule has 0 aliphatic rings. The Balaban J connectivity index is 1.51. The highest BCUT2D eigenvalue weighted by atomic mass is 32.2. The highest BCUT2D eigenvalue weighted by Gasteiger charge is 2.32. The molecule has 3 aromatic carbocycles. The van der Waals surface area contributed by atoms with E-state index in [4.69, 9.17) is 5.73 Å². The maximum atomic E-state index is 14.1. The Kier molecular flexibility index (Phi) is 7.58. The predicted molar refractivity (Wildman–Crippen MR) is 149 cm³/mol. The second kappa shape index (κ2) is 11.0. The summed E-state index contributed by atoms with van der Waals surface area (Å²) in [5.74, 6) is -0.381. The Morgan fingerprint density at radius 1 is 1.02 bits per heavy atom. The number of imidazole rings is 1. The minimum absolute atomic E-state index is 0.0763. The molecule has 0 amide bonds. The molecule has 2 N–H and O–H groups in total. The van der Waals surface area contributed by atoms with Crippen LogP contribution in [0.1, 0.15) is 16.8 Å². The highest BCUT2D eigenvalue weighted by Crippen LogP contribution is 2.41. The third-order valence-electron chi connectivity index (χ3n) is 6.29. The van der Waals surface area contributed by atoms with Crippen LogP contribution in [0.2, 0.25) is 0 Å². The first-order valence-corrected chi connectivity index (χ1v) is 14.5. The summed E-state index contributed by atoms with van der Waals surface area (Å²) in [5.41, 5.74) is 8.46. The number of sulfonamides is 1. The fourth-order valence-corrected chi connectivity index (χ4v) is 7.26. The summed E-state index contributed by atoms with van der Waals surface area (Å²) in [7, 11) is -4.07. The van der Waals surface area contributed by atoms with Gasteiger partial charge in [0, 0.05) is 23.0 Å². The number of nitrogens with two attached hydrogens (primary N) is 1. The van der Waals surface area contributed by atoms with Crippen molar-refractivity contribution >= 4 is 36.4 Å². The van der Waals surface area contributed by atoms with Crippen LogP contribution in [0.3, 0.4) is 0 Å². The van der Waals surface area contributed by atoms with E-state index in [1.165, 1.54) is 52.0 Å².